The Morgan fingerprint density at radius 1 is 0.523 bits per heavy atom. The van der Waals surface area contributed by atoms with Crippen LogP contribution in [0.5, 0.6) is 11.5 Å². The number of imide groups is 2. The number of thioether (sulfide) groups is 2. The van der Waals surface area contributed by atoms with Crippen molar-refractivity contribution >= 4 is 58.0 Å². The lowest BCUT2D eigenvalue weighted by molar-refractivity contribution is -0.116. The molecule has 0 saturated carbocycles. The predicted molar refractivity (Wildman–Crippen MR) is 173 cm³/mol. The Morgan fingerprint density at radius 2 is 0.932 bits per heavy atom. The highest BCUT2D eigenvalue weighted by atomic mass is 32.2. The van der Waals surface area contributed by atoms with E-state index in [1.54, 1.807) is 12.2 Å². The van der Waals surface area contributed by atoms with Gasteiger partial charge in [0.25, 0.3) is 22.3 Å². The maximum absolute atomic E-state index is 11.5. The van der Waals surface area contributed by atoms with Crippen LogP contribution in [0.1, 0.15) is 22.3 Å². The minimum Gasteiger partial charge on any atom is -0.489 e. The van der Waals surface area contributed by atoms with Gasteiger partial charge in [0.2, 0.25) is 0 Å². The minimum atomic E-state index is -0.356. The summed E-state index contributed by atoms with van der Waals surface area (Å²) in [7, 11) is 0. The highest BCUT2D eigenvalue weighted by Gasteiger charge is 2.25. The smallest absolute Gasteiger partial charge is 0.290 e. The molecule has 0 spiro atoms. The molecule has 2 aliphatic heterocycles. The van der Waals surface area contributed by atoms with E-state index < -0.39 is 0 Å². The summed E-state index contributed by atoms with van der Waals surface area (Å²) in [4.78, 5) is 46.1. The van der Waals surface area contributed by atoms with Crippen molar-refractivity contribution in [3.05, 3.63) is 141 Å². The topological polar surface area (TPSA) is 111 Å². The van der Waals surface area contributed by atoms with Crippen molar-refractivity contribution in [2.45, 2.75) is 13.2 Å². The van der Waals surface area contributed by atoms with Gasteiger partial charge in [0.15, 0.2) is 0 Å². The second kappa shape index (κ2) is 14.9. The third-order valence-electron chi connectivity index (χ3n) is 6.09. The molecule has 8 nitrogen and oxygen atoms in total. The standard InChI is InChI=1S/2C17H13NO3S/c2*19-16-15(22-17(20)18-16)10-13-7-4-8-14(9-13)21-11-12-5-2-1-3-6-12/h2*1-10H,11H2,(H,18,19,20)/b2*15-10-. The Bertz CT molecular complexity index is 1610. The first-order valence-electron chi connectivity index (χ1n) is 13.4. The number of benzene rings is 4. The molecule has 220 valence electrons. The van der Waals surface area contributed by atoms with Crippen LogP contribution in [0.15, 0.2) is 119 Å². The zero-order valence-electron chi connectivity index (χ0n) is 23.2. The zero-order chi connectivity index (χ0) is 30.7. The largest absolute Gasteiger partial charge is 0.489 e. The number of ether oxygens (including phenoxy) is 2. The van der Waals surface area contributed by atoms with Crippen molar-refractivity contribution in [2.24, 2.45) is 0 Å². The van der Waals surface area contributed by atoms with Crippen LogP contribution >= 0.6 is 23.5 Å². The van der Waals surface area contributed by atoms with E-state index >= 15 is 0 Å². The summed E-state index contributed by atoms with van der Waals surface area (Å²) < 4.78 is 11.5. The van der Waals surface area contributed by atoms with E-state index in [9.17, 15) is 19.2 Å². The van der Waals surface area contributed by atoms with Crippen LogP contribution < -0.4 is 20.1 Å². The first kappa shape index (κ1) is 30.4. The molecule has 4 aromatic carbocycles. The SMILES string of the molecule is O=C1NC(=O)/C(=C/c2cccc(OCc3ccccc3)c2)S1.O=C1NC(=O)/C(=C/c2cccc(OCc3ccccc3)c2)S1. The Labute approximate surface area is 262 Å². The fraction of sp³-hybridized carbons (Fsp3) is 0.0588. The van der Waals surface area contributed by atoms with E-state index in [1.165, 1.54) is 0 Å². The molecule has 10 heteroatoms. The molecule has 0 bridgehead atoms. The van der Waals surface area contributed by atoms with Gasteiger partial charge in [0, 0.05) is 0 Å². The molecule has 4 amide bonds. The summed E-state index contributed by atoms with van der Waals surface area (Å²) in [6, 6.07) is 34.6. The van der Waals surface area contributed by atoms with E-state index in [0.717, 1.165) is 45.8 Å². The van der Waals surface area contributed by atoms with Crippen LogP contribution in [-0.2, 0) is 22.8 Å². The number of amides is 4. The number of carbonyl (C=O) groups excluding carboxylic acids is 4. The van der Waals surface area contributed by atoms with Gasteiger partial charge in [-0.3, -0.25) is 29.8 Å². The van der Waals surface area contributed by atoms with Gasteiger partial charge in [-0.1, -0.05) is 84.9 Å². The van der Waals surface area contributed by atoms with Gasteiger partial charge in [-0.15, -0.1) is 0 Å². The number of nitrogens with one attached hydrogen (secondary N) is 2. The van der Waals surface area contributed by atoms with Gasteiger partial charge >= 0.3 is 0 Å². The van der Waals surface area contributed by atoms with Gasteiger partial charge in [-0.25, -0.2) is 0 Å². The number of rotatable bonds is 8. The van der Waals surface area contributed by atoms with E-state index in [2.05, 4.69) is 10.6 Å². The van der Waals surface area contributed by atoms with E-state index in [1.807, 2.05) is 109 Å². The normalized spacial score (nSPS) is 15.9. The minimum absolute atomic E-state index is 0.340. The van der Waals surface area contributed by atoms with Crippen molar-refractivity contribution in [1.29, 1.82) is 0 Å². The molecule has 44 heavy (non-hydrogen) atoms. The van der Waals surface area contributed by atoms with Gasteiger partial charge in [0.05, 0.1) is 9.81 Å². The molecule has 2 heterocycles. The quantitative estimate of drug-likeness (QED) is 0.199. The lowest BCUT2D eigenvalue weighted by atomic mass is 10.2. The van der Waals surface area contributed by atoms with E-state index in [0.29, 0.717) is 34.5 Å². The number of hydrogen-bond donors (Lipinski definition) is 2. The highest BCUT2D eigenvalue weighted by Crippen LogP contribution is 2.28. The van der Waals surface area contributed by atoms with Crippen LogP contribution in [0.3, 0.4) is 0 Å². The number of hydrogen-bond acceptors (Lipinski definition) is 8. The molecular formula is C34H26N2O6S2. The third kappa shape index (κ3) is 8.97. The first-order chi connectivity index (χ1) is 21.4. The van der Waals surface area contributed by atoms with Crippen LogP contribution in [0, 0.1) is 0 Å². The van der Waals surface area contributed by atoms with Gasteiger partial charge in [0.1, 0.15) is 24.7 Å². The summed E-state index contributed by atoms with van der Waals surface area (Å²) >= 11 is 1.81. The number of carbonyl (C=O) groups is 4. The zero-order valence-corrected chi connectivity index (χ0v) is 24.9. The second-order valence-electron chi connectivity index (χ2n) is 9.40. The maximum atomic E-state index is 11.5. The molecule has 4 aromatic rings. The van der Waals surface area contributed by atoms with E-state index in [-0.39, 0.29) is 22.3 Å². The lowest BCUT2D eigenvalue weighted by Gasteiger charge is -2.07. The van der Waals surface area contributed by atoms with Crippen molar-refractivity contribution in [1.82, 2.24) is 10.6 Å². The molecule has 6 rings (SSSR count). The highest BCUT2D eigenvalue weighted by molar-refractivity contribution is 8.18. The van der Waals surface area contributed by atoms with Crippen LogP contribution in [0.2, 0.25) is 0 Å². The molecule has 0 radical (unpaired) electrons. The monoisotopic (exact) mass is 622 g/mol. The molecule has 0 atom stereocenters. The average molecular weight is 623 g/mol. The van der Waals surface area contributed by atoms with Crippen LogP contribution in [-0.4, -0.2) is 22.3 Å². The second-order valence-corrected chi connectivity index (χ2v) is 11.4. The van der Waals surface area contributed by atoms with Gasteiger partial charge in [-0.05, 0) is 82.2 Å². The Balaban J connectivity index is 0.000000175. The molecule has 0 unspecified atom stereocenters. The van der Waals surface area contributed by atoms with Crippen molar-refractivity contribution in [3.8, 4) is 11.5 Å². The van der Waals surface area contributed by atoms with Gasteiger partial charge < -0.3 is 9.47 Å². The predicted octanol–water partition coefficient (Wildman–Crippen LogP) is 7.18. The lowest BCUT2D eigenvalue weighted by Crippen LogP contribution is -2.17. The summed E-state index contributed by atoms with van der Waals surface area (Å²) in [5, 5.41) is 3.79. The molecule has 2 saturated heterocycles. The molecular weight excluding hydrogens is 597 g/mol. The van der Waals surface area contributed by atoms with Gasteiger partial charge in [-0.2, -0.15) is 0 Å². The van der Waals surface area contributed by atoms with Crippen molar-refractivity contribution < 1.29 is 28.7 Å². The fourth-order valence-corrected chi connectivity index (χ4v) is 5.38. The molecule has 2 aliphatic rings. The summed E-state index contributed by atoms with van der Waals surface area (Å²) in [6.45, 7) is 0.961. The first-order valence-corrected chi connectivity index (χ1v) is 15.1. The Morgan fingerprint density at radius 3 is 1.30 bits per heavy atom. The Hall–Kier alpha value is -5.06. The van der Waals surface area contributed by atoms with E-state index in [4.69, 9.17) is 9.47 Å². The van der Waals surface area contributed by atoms with Crippen LogP contribution in [0.25, 0.3) is 12.2 Å². The summed E-state index contributed by atoms with van der Waals surface area (Å²) in [5.74, 6) is 0.720. The maximum Gasteiger partial charge on any atom is 0.290 e. The summed E-state index contributed by atoms with van der Waals surface area (Å²) in [6.07, 6.45) is 3.36. The fourth-order valence-electron chi connectivity index (χ4n) is 4.01. The average Bonchev–Trinajstić information content (AvgIpc) is 3.53. The summed E-state index contributed by atoms with van der Waals surface area (Å²) in [5.41, 5.74) is 3.81. The Kier molecular flexibility index (Phi) is 10.3. The van der Waals surface area contributed by atoms with Crippen molar-refractivity contribution in [3.63, 3.8) is 0 Å². The third-order valence-corrected chi connectivity index (χ3v) is 7.71. The van der Waals surface area contributed by atoms with Crippen LogP contribution in [0.4, 0.5) is 9.59 Å². The van der Waals surface area contributed by atoms with Crippen molar-refractivity contribution in [2.75, 3.05) is 0 Å². The molecule has 2 N–H and O–H groups in total. The molecule has 0 aromatic heterocycles. The molecule has 2 fully saturated rings. The molecule has 0 aliphatic carbocycles.